The number of benzene rings is 3. The summed E-state index contributed by atoms with van der Waals surface area (Å²) in [7, 11) is 1.59. The summed E-state index contributed by atoms with van der Waals surface area (Å²) >= 11 is 0. The molecule has 0 aliphatic heterocycles. The Morgan fingerprint density at radius 2 is 1.76 bits per heavy atom. The first-order chi connectivity index (χ1) is 16.1. The number of nitrogens with one attached hydrogen (secondary N) is 1. The molecule has 7 nitrogen and oxygen atoms in total. The highest BCUT2D eigenvalue weighted by molar-refractivity contribution is 5.97. The van der Waals surface area contributed by atoms with Gasteiger partial charge in [-0.05, 0) is 66.9 Å². The Balaban J connectivity index is 1.35. The number of aromatic nitrogens is 3. The second-order valence-electron chi connectivity index (χ2n) is 7.68. The van der Waals surface area contributed by atoms with Gasteiger partial charge in [-0.2, -0.15) is 0 Å². The maximum atomic E-state index is 12.6. The molecular formula is C26H26N4O3. The van der Waals surface area contributed by atoms with E-state index < -0.39 is 0 Å². The molecule has 0 unspecified atom stereocenters. The Morgan fingerprint density at radius 1 is 1.03 bits per heavy atom. The van der Waals surface area contributed by atoms with Crippen molar-refractivity contribution in [2.75, 3.05) is 19.0 Å². The molecule has 0 atom stereocenters. The Morgan fingerprint density at radius 3 is 2.45 bits per heavy atom. The lowest BCUT2D eigenvalue weighted by Gasteiger charge is -2.09. The molecule has 1 aromatic heterocycles. The molecule has 3 aromatic carbocycles. The molecule has 0 bridgehead atoms. The van der Waals surface area contributed by atoms with E-state index in [1.54, 1.807) is 23.9 Å². The van der Waals surface area contributed by atoms with E-state index in [2.05, 4.69) is 15.6 Å². The average molecular weight is 443 g/mol. The highest BCUT2D eigenvalue weighted by atomic mass is 16.5. The van der Waals surface area contributed by atoms with Crippen molar-refractivity contribution in [2.45, 2.75) is 19.3 Å². The van der Waals surface area contributed by atoms with E-state index >= 15 is 0 Å². The molecule has 4 aromatic rings. The lowest BCUT2D eigenvalue weighted by Crippen LogP contribution is -2.04. The first kappa shape index (κ1) is 22.2. The molecule has 0 saturated heterocycles. The molecule has 0 amide bonds. The minimum Gasteiger partial charge on any atom is -0.497 e. The van der Waals surface area contributed by atoms with E-state index in [0.29, 0.717) is 30.6 Å². The van der Waals surface area contributed by atoms with E-state index in [1.165, 1.54) is 0 Å². The topological polar surface area (TPSA) is 89.3 Å². The average Bonchev–Trinajstić information content (AvgIpc) is 3.33. The molecule has 4 rings (SSSR count). The third kappa shape index (κ3) is 5.84. The second-order valence-corrected chi connectivity index (χ2v) is 7.68. The normalized spacial score (nSPS) is 10.7. The van der Waals surface area contributed by atoms with E-state index in [1.807, 2.05) is 66.9 Å². The Kier molecular flexibility index (Phi) is 7.12. The maximum absolute atomic E-state index is 12.6. The molecular weight excluding hydrogens is 416 g/mol. The second kappa shape index (κ2) is 10.6. The van der Waals surface area contributed by atoms with Gasteiger partial charge in [0.25, 0.3) is 0 Å². The molecule has 1 heterocycles. The monoisotopic (exact) mass is 442 g/mol. The van der Waals surface area contributed by atoms with Gasteiger partial charge in [-0.25, -0.2) is 4.68 Å². The number of aryl methyl sites for hydroxylation is 1. The van der Waals surface area contributed by atoms with Crippen LogP contribution in [0.3, 0.4) is 0 Å². The van der Waals surface area contributed by atoms with Gasteiger partial charge in [-0.1, -0.05) is 29.5 Å². The van der Waals surface area contributed by atoms with Crippen LogP contribution in [0.5, 0.6) is 5.75 Å². The third-order valence-corrected chi connectivity index (χ3v) is 5.26. The number of carbonyl (C=O) groups excluding carboxylic acids is 1. The van der Waals surface area contributed by atoms with Crippen LogP contribution in [-0.2, 0) is 12.8 Å². The smallest absolute Gasteiger partial charge is 0.167 e. The number of aliphatic hydroxyl groups is 1. The van der Waals surface area contributed by atoms with Crippen molar-refractivity contribution in [1.82, 2.24) is 15.0 Å². The Labute approximate surface area is 192 Å². The van der Waals surface area contributed by atoms with Gasteiger partial charge < -0.3 is 15.2 Å². The standard InChI is InChI=1S/C26H26N4O3/c1-33-25-6-2-4-20(17-25)26(32)16-19-7-9-21(10-8-19)27-22-11-13-24(14-12-22)30-18-23(28-29-30)5-3-15-31/h2,4,6-14,17-18,27,31H,3,5,15-16H2,1H3. The fourth-order valence-electron chi connectivity index (χ4n) is 3.45. The molecule has 0 saturated carbocycles. The highest BCUT2D eigenvalue weighted by Crippen LogP contribution is 2.20. The zero-order valence-electron chi connectivity index (χ0n) is 18.4. The van der Waals surface area contributed by atoms with E-state index in [0.717, 1.165) is 28.3 Å². The van der Waals surface area contributed by atoms with Crippen LogP contribution >= 0.6 is 0 Å². The number of rotatable bonds is 10. The van der Waals surface area contributed by atoms with Crippen LogP contribution in [-0.4, -0.2) is 39.6 Å². The van der Waals surface area contributed by atoms with Gasteiger partial charge in [0.05, 0.1) is 24.7 Å². The van der Waals surface area contributed by atoms with Crippen LogP contribution in [0, 0.1) is 0 Å². The van der Waals surface area contributed by atoms with Crippen molar-refractivity contribution in [1.29, 1.82) is 0 Å². The van der Waals surface area contributed by atoms with Crippen molar-refractivity contribution in [3.05, 3.63) is 95.8 Å². The van der Waals surface area contributed by atoms with Crippen molar-refractivity contribution < 1.29 is 14.6 Å². The number of ether oxygens (including phenoxy) is 1. The molecule has 0 fully saturated rings. The van der Waals surface area contributed by atoms with E-state index in [-0.39, 0.29) is 12.4 Å². The molecule has 0 spiro atoms. The molecule has 33 heavy (non-hydrogen) atoms. The number of ketones is 1. The van der Waals surface area contributed by atoms with Crippen LogP contribution in [0.15, 0.2) is 79.0 Å². The SMILES string of the molecule is COc1cccc(C(=O)Cc2ccc(Nc3ccc(-n4cc(CCCO)nn4)cc3)cc2)c1. The number of hydrogen-bond acceptors (Lipinski definition) is 6. The zero-order chi connectivity index (χ0) is 23.0. The molecule has 168 valence electrons. The van der Waals surface area contributed by atoms with E-state index in [4.69, 9.17) is 9.84 Å². The van der Waals surface area contributed by atoms with Gasteiger partial charge in [-0.15, -0.1) is 5.10 Å². The molecule has 2 N–H and O–H groups in total. The minimum atomic E-state index is 0.0535. The van der Waals surface area contributed by atoms with Gasteiger partial charge in [0, 0.05) is 30.0 Å². The van der Waals surface area contributed by atoms with Gasteiger partial charge in [0.1, 0.15) is 5.75 Å². The van der Waals surface area contributed by atoms with E-state index in [9.17, 15) is 4.79 Å². The van der Waals surface area contributed by atoms with Crippen LogP contribution in [0.1, 0.15) is 28.0 Å². The summed E-state index contributed by atoms with van der Waals surface area (Å²) in [4.78, 5) is 12.6. The van der Waals surface area contributed by atoms with Gasteiger partial charge in [0.15, 0.2) is 5.78 Å². The van der Waals surface area contributed by atoms with Gasteiger partial charge in [0.2, 0.25) is 0 Å². The summed E-state index contributed by atoms with van der Waals surface area (Å²) in [6, 6.07) is 22.9. The van der Waals surface area contributed by atoms with Gasteiger partial charge in [-0.3, -0.25) is 4.79 Å². The fourth-order valence-corrected chi connectivity index (χ4v) is 3.45. The Bertz CT molecular complexity index is 1200. The van der Waals surface area contributed by atoms with Crippen molar-refractivity contribution in [3.8, 4) is 11.4 Å². The number of hydrogen-bond donors (Lipinski definition) is 2. The predicted octanol–water partition coefficient (Wildman–Crippen LogP) is 4.37. The number of nitrogens with zero attached hydrogens (tertiary/aromatic N) is 3. The quantitative estimate of drug-likeness (QED) is 0.355. The first-order valence-electron chi connectivity index (χ1n) is 10.8. The number of methoxy groups -OCH3 is 1. The predicted molar refractivity (Wildman–Crippen MR) is 128 cm³/mol. The summed E-state index contributed by atoms with van der Waals surface area (Å²) < 4.78 is 6.93. The summed E-state index contributed by atoms with van der Waals surface area (Å²) in [6.07, 6.45) is 3.59. The molecule has 7 heteroatoms. The highest BCUT2D eigenvalue weighted by Gasteiger charge is 2.09. The minimum absolute atomic E-state index is 0.0535. The first-order valence-corrected chi connectivity index (χ1v) is 10.8. The van der Waals surface area contributed by atoms with Crippen molar-refractivity contribution in [2.24, 2.45) is 0 Å². The van der Waals surface area contributed by atoms with Gasteiger partial charge >= 0.3 is 0 Å². The largest absolute Gasteiger partial charge is 0.497 e. The summed E-state index contributed by atoms with van der Waals surface area (Å²) in [5.74, 6) is 0.732. The van der Waals surface area contributed by atoms with Crippen LogP contribution in [0.25, 0.3) is 5.69 Å². The van der Waals surface area contributed by atoms with Crippen LogP contribution in [0.4, 0.5) is 11.4 Å². The summed E-state index contributed by atoms with van der Waals surface area (Å²) in [5, 5.41) is 20.6. The number of anilines is 2. The number of aliphatic hydroxyl groups excluding tert-OH is 1. The molecule has 0 radical (unpaired) electrons. The Hall–Kier alpha value is -3.97. The number of Topliss-reactive ketones (excluding diaryl/α,β-unsaturated/α-hetero) is 1. The van der Waals surface area contributed by atoms with Crippen molar-refractivity contribution >= 4 is 17.2 Å². The maximum Gasteiger partial charge on any atom is 0.167 e. The third-order valence-electron chi connectivity index (χ3n) is 5.26. The fraction of sp³-hybridized carbons (Fsp3) is 0.192. The van der Waals surface area contributed by atoms with Crippen molar-refractivity contribution in [3.63, 3.8) is 0 Å². The van der Waals surface area contributed by atoms with Crippen LogP contribution in [0.2, 0.25) is 0 Å². The lowest BCUT2D eigenvalue weighted by atomic mass is 10.0. The zero-order valence-corrected chi connectivity index (χ0v) is 18.4. The van der Waals surface area contributed by atoms with Crippen LogP contribution < -0.4 is 10.1 Å². The molecule has 0 aliphatic carbocycles. The number of carbonyl (C=O) groups is 1. The molecule has 0 aliphatic rings. The lowest BCUT2D eigenvalue weighted by molar-refractivity contribution is 0.0992. The summed E-state index contributed by atoms with van der Waals surface area (Å²) in [6.45, 7) is 0.146. The summed E-state index contributed by atoms with van der Waals surface area (Å²) in [5.41, 5.74) is 5.24.